The van der Waals surface area contributed by atoms with Gasteiger partial charge in [0.05, 0.1) is 16.3 Å². The monoisotopic (exact) mass is 269 g/mol. The van der Waals surface area contributed by atoms with E-state index in [-0.39, 0.29) is 4.90 Å². The lowest BCUT2D eigenvalue weighted by Gasteiger charge is -2.16. The number of nitrogens with one attached hydrogen (secondary N) is 1. The SMILES string of the molecule is CCC1(CNc2cc(S(N)(=O)=O)ccc2N)CC1. The van der Waals surface area contributed by atoms with Gasteiger partial charge in [-0.25, -0.2) is 13.6 Å². The summed E-state index contributed by atoms with van der Waals surface area (Å²) < 4.78 is 22.6. The van der Waals surface area contributed by atoms with E-state index >= 15 is 0 Å². The van der Waals surface area contributed by atoms with Crippen molar-refractivity contribution < 1.29 is 8.42 Å². The Bertz CT molecular complexity index is 550. The topological polar surface area (TPSA) is 98.2 Å². The van der Waals surface area contributed by atoms with Crippen molar-refractivity contribution in [2.45, 2.75) is 31.1 Å². The molecular weight excluding hydrogens is 250 g/mol. The number of hydrogen-bond acceptors (Lipinski definition) is 4. The lowest BCUT2D eigenvalue weighted by atomic mass is 10.0. The molecule has 1 fully saturated rings. The average molecular weight is 269 g/mol. The third-order valence-corrected chi connectivity index (χ3v) is 4.63. The first-order valence-corrected chi connectivity index (χ1v) is 7.57. The standard InChI is InChI=1S/C12H19N3O2S/c1-2-12(5-6-12)8-15-11-7-9(18(14,16)17)3-4-10(11)13/h3-4,7,15H,2,5-6,8,13H2,1H3,(H2,14,16,17). The lowest BCUT2D eigenvalue weighted by Crippen LogP contribution is -2.17. The van der Waals surface area contributed by atoms with E-state index in [1.165, 1.54) is 25.0 Å². The Labute approximate surface area is 108 Å². The second kappa shape index (κ2) is 4.44. The molecule has 2 rings (SSSR count). The number of nitrogens with two attached hydrogens (primary N) is 2. The molecule has 0 bridgehead atoms. The smallest absolute Gasteiger partial charge is 0.238 e. The second-order valence-electron chi connectivity index (χ2n) is 5.00. The van der Waals surface area contributed by atoms with Gasteiger partial charge in [0.15, 0.2) is 0 Å². The molecule has 0 heterocycles. The number of primary sulfonamides is 1. The quantitative estimate of drug-likeness (QED) is 0.706. The van der Waals surface area contributed by atoms with Gasteiger partial charge in [0.2, 0.25) is 10.0 Å². The molecule has 0 atom stereocenters. The van der Waals surface area contributed by atoms with Gasteiger partial charge in [-0.15, -0.1) is 0 Å². The molecule has 1 saturated carbocycles. The molecule has 5 nitrogen and oxygen atoms in total. The maximum absolute atomic E-state index is 11.3. The minimum atomic E-state index is -3.68. The van der Waals surface area contributed by atoms with Crippen LogP contribution in [-0.4, -0.2) is 15.0 Å². The first-order chi connectivity index (χ1) is 8.36. The highest BCUT2D eigenvalue weighted by Gasteiger charge is 2.40. The molecule has 0 saturated heterocycles. The van der Waals surface area contributed by atoms with Crippen LogP contribution in [0.5, 0.6) is 0 Å². The molecule has 18 heavy (non-hydrogen) atoms. The summed E-state index contributed by atoms with van der Waals surface area (Å²) in [6, 6.07) is 4.48. The van der Waals surface area contributed by atoms with Crippen LogP contribution in [0.25, 0.3) is 0 Å². The van der Waals surface area contributed by atoms with Gasteiger partial charge < -0.3 is 11.1 Å². The maximum atomic E-state index is 11.3. The van der Waals surface area contributed by atoms with Gasteiger partial charge in [0.25, 0.3) is 0 Å². The summed E-state index contributed by atoms with van der Waals surface area (Å²) in [5.74, 6) is 0. The maximum Gasteiger partial charge on any atom is 0.238 e. The van der Waals surface area contributed by atoms with Crippen LogP contribution in [0.15, 0.2) is 23.1 Å². The fourth-order valence-corrected chi connectivity index (χ4v) is 2.52. The van der Waals surface area contributed by atoms with Crippen molar-refractivity contribution in [3.63, 3.8) is 0 Å². The molecule has 0 amide bonds. The third kappa shape index (κ3) is 2.76. The number of rotatable bonds is 5. The van der Waals surface area contributed by atoms with Gasteiger partial charge in [0.1, 0.15) is 0 Å². The van der Waals surface area contributed by atoms with Gasteiger partial charge >= 0.3 is 0 Å². The van der Waals surface area contributed by atoms with E-state index in [1.807, 2.05) is 0 Å². The molecule has 0 unspecified atom stereocenters. The van der Waals surface area contributed by atoms with Crippen LogP contribution in [-0.2, 0) is 10.0 Å². The van der Waals surface area contributed by atoms with Crippen molar-refractivity contribution in [3.05, 3.63) is 18.2 Å². The number of nitrogen functional groups attached to an aromatic ring is 1. The van der Waals surface area contributed by atoms with Crippen molar-refractivity contribution in [2.24, 2.45) is 10.6 Å². The van der Waals surface area contributed by atoms with Gasteiger partial charge in [-0.2, -0.15) is 0 Å². The Balaban J connectivity index is 2.17. The van der Waals surface area contributed by atoms with E-state index in [2.05, 4.69) is 12.2 Å². The second-order valence-corrected chi connectivity index (χ2v) is 6.56. The Hall–Kier alpha value is -1.27. The first kappa shape index (κ1) is 13.2. The molecule has 1 aromatic carbocycles. The van der Waals surface area contributed by atoms with E-state index < -0.39 is 10.0 Å². The normalized spacial score (nSPS) is 17.4. The number of anilines is 2. The van der Waals surface area contributed by atoms with Crippen molar-refractivity contribution >= 4 is 21.4 Å². The largest absolute Gasteiger partial charge is 0.397 e. The van der Waals surface area contributed by atoms with Gasteiger partial charge in [-0.3, -0.25) is 0 Å². The van der Waals surface area contributed by atoms with E-state index in [9.17, 15) is 8.42 Å². The number of benzene rings is 1. The minimum absolute atomic E-state index is 0.0838. The van der Waals surface area contributed by atoms with Crippen molar-refractivity contribution in [2.75, 3.05) is 17.6 Å². The predicted molar refractivity (Wildman–Crippen MR) is 72.7 cm³/mol. The Kier molecular flexibility index (Phi) is 3.25. The van der Waals surface area contributed by atoms with Crippen molar-refractivity contribution in [1.82, 2.24) is 0 Å². The number of hydrogen-bond donors (Lipinski definition) is 3. The molecule has 6 heteroatoms. The van der Waals surface area contributed by atoms with Crippen molar-refractivity contribution in [1.29, 1.82) is 0 Å². The van der Waals surface area contributed by atoms with Gasteiger partial charge in [-0.1, -0.05) is 6.92 Å². The Morgan fingerprint density at radius 2 is 2.06 bits per heavy atom. The zero-order valence-electron chi connectivity index (χ0n) is 10.4. The molecule has 5 N–H and O–H groups in total. The molecule has 0 aliphatic heterocycles. The Morgan fingerprint density at radius 3 is 2.56 bits per heavy atom. The summed E-state index contributed by atoms with van der Waals surface area (Å²) >= 11 is 0. The average Bonchev–Trinajstić information content (AvgIpc) is 3.07. The minimum Gasteiger partial charge on any atom is -0.397 e. The fraction of sp³-hybridized carbons (Fsp3) is 0.500. The van der Waals surface area contributed by atoms with Crippen LogP contribution in [0.1, 0.15) is 26.2 Å². The number of sulfonamides is 1. The van der Waals surface area contributed by atoms with E-state index in [0.29, 0.717) is 16.8 Å². The van der Waals surface area contributed by atoms with Gasteiger partial charge in [-0.05, 0) is 42.9 Å². The van der Waals surface area contributed by atoms with Crippen LogP contribution in [0.3, 0.4) is 0 Å². The van der Waals surface area contributed by atoms with Crippen LogP contribution >= 0.6 is 0 Å². The summed E-state index contributed by atoms with van der Waals surface area (Å²) in [5.41, 5.74) is 7.37. The Morgan fingerprint density at radius 1 is 1.39 bits per heavy atom. The summed E-state index contributed by atoms with van der Waals surface area (Å²) in [4.78, 5) is 0.0838. The van der Waals surface area contributed by atoms with Crippen molar-refractivity contribution in [3.8, 4) is 0 Å². The predicted octanol–water partition coefficient (Wildman–Crippen LogP) is 1.52. The van der Waals surface area contributed by atoms with E-state index in [4.69, 9.17) is 10.9 Å². The van der Waals surface area contributed by atoms with E-state index in [1.54, 1.807) is 6.07 Å². The lowest BCUT2D eigenvalue weighted by molar-refractivity contribution is 0.521. The molecule has 1 aliphatic carbocycles. The first-order valence-electron chi connectivity index (χ1n) is 6.02. The van der Waals surface area contributed by atoms with Crippen LogP contribution in [0, 0.1) is 5.41 Å². The molecular formula is C12H19N3O2S. The summed E-state index contributed by atoms with van der Waals surface area (Å²) in [7, 11) is -3.68. The highest BCUT2D eigenvalue weighted by atomic mass is 32.2. The van der Waals surface area contributed by atoms with Crippen LogP contribution in [0.2, 0.25) is 0 Å². The summed E-state index contributed by atoms with van der Waals surface area (Å²) in [6.07, 6.45) is 3.55. The molecule has 0 spiro atoms. The zero-order chi connectivity index (χ0) is 13.4. The van der Waals surface area contributed by atoms with Gasteiger partial charge in [0, 0.05) is 6.54 Å². The highest BCUT2D eigenvalue weighted by molar-refractivity contribution is 7.89. The molecule has 1 aromatic rings. The van der Waals surface area contributed by atoms with Crippen LogP contribution < -0.4 is 16.2 Å². The summed E-state index contributed by atoms with van der Waals surface area (Å²) in [5, 5.41) is 8.33. The zero-order valence-corrected chi connectivity index (χ0v) is 11.3. The summed E-state index contributed by atoms with van der Waals surface area (Å²) in [6.45, 7) is 2.99. The highest BCUT2D eigenvalue weighted by Crippen LogP contribution is 2.48. The molecule has 1 aliphatic rings. The van der Waals surface area contributed by atoms with Crippen LogP contribution in [0.4, 0.5) is 11.4 Å². The molecule has 0 aromatic heterocycles. The molecule has 0 radical (unpaired) electrons. The third-order valence-electron chi connectivity index (χ3n) is 3.71. The molecule has 100 valence electrons. The fourth-order valence-electron chi connectivity index (χ4n) is 1.98. The van der Waals surface area contributed by atoms with E-state index in [0.717, 1.165) is 13.0 Å².